The molecule has 1 aromatic carbocycles. The van der Waals surface area contributed by atoms with Crippen molar-refractivity contribution in [3.63, 3.8) is 0 Å². The van der Waals surface area contributed by atoms with Crippen molar-refractivity contribution in [1.29, 1.82) is 0 Å². The number of nitrogens with zero attached hydrogens (tertiary/aromatic N) is 1. The Balaban J connectivity index is 2.30. The highest BCUT2D eigenvalue weighted by Crippen LogP contribution is 2.28. The van der Waals surface area contributed by atoms with E-state index < -0.39 is 21.4 Å². The van der Waals surface area contributed by atoms with Crippen LogP contribution in [0.5, 0.6) is 0 Å². The molecule has 0 bridgehead atoms. The summed E-state index contributed by atoms with van der Waals surface area (Å²) in [5.41, 5.74) is 4.67. The molecule has 1 saturated heterocycles. The molecule has 0 spiro atoms. The van der Waals surface area contributed by atoms with Gasteiger partial charge in [0.05, 0.1) is 11.3 Å². The normalized spacial score (nSPS) is 25.4. The van der Waals surface area contributed by atoms with Gasteiger partial charge in [0.15, 0.2) is 0 Å². The maximum atomic E-state index is 13.0. The summed E-state index contributed by atoms with van der Waals surface area (Å²) in [6.45, 7) is 2.26. The highest BCUT2D eigenvalue weighted by atomic mass is 32.2. The maximum absolute atomic E-state index is 13.0. The predicted molar refractivity (Wildman–Crippen MR) is 74.0 cm³/mol. The first-order valence-corrected chi connectivity index (χ1v) is 7.94. The zero-order chi connectivity index (χ0) is 15.0. The summed E-state index contributed by atoms with van der Waals surface area (Å²) in [7, 11) is -3.75. The highest BCUT2D eigenvalue weighted by Gasteiger charge is 2.32. The van der Waals surface area contributed by atoms with E-state index in [1.54, 1.807) is 6.92 Å². The lowest BCUT2D eigenvalue weighted by molar-refractivity contribution is 0.0465. The second-order valence-corrected chi connectivity index (χ2v) is 7.34. The molecule has 1 aliphatic heterocycles. The molecule has 1 aliphatic rings. The number of anilines is 1. The molecule has 7 heteroatoms. The lowest BCUT2D eigenvalue weighted by Gasteiger charge is -2.22. The van der Waals surface area contributed by atoms with E-state index in [4.69, 9.17) is 5.73 Å². The Labute approximate surface area is 118 Å². The minimum absolute atomic E-state index is 0.0829. The van der Waals surface area contributed by atoms with Gasteiger partial charge in [-0.25, -0.2) is 12.8 Å². The monoisotopic (exact) mass is 302 g/mol. The van der Waals surface area contributed by atoms with Crippen molar-refractivity contribution >= 4 is 15.7 Å². The van der Waals surface area contributed by atoms with E-state index in [0.717, 1.165) is 12.1 Å². The van der Waals surface area contributed by atoms with E-state index in [-0.39, 0.29) is 17.1 Å². The maximum Gasteiger partial charge on any atom is 0.245 e. The van der Waals surface area contributed by atoms with Crippen LogP contribution >= 0.6 is 0 Å². The molecule has 0 aromatic heterocycles. The summed E-state index contributed by atoms with van der Waals surface area (Å²) in [4.78, 5) is -0.0829. The number of rotatable bonds is 2. The van der Waals surface area contributed by atoms with Crippen LogP contribution in [0.25, 0.3) is 0 Å². The SMILES string of the molecule is CC1(O)CCCN(S(=O)(=O)c2ccc(F)cc2N)CC1. The molecule has 0 amide bonds. The fourth-order valence-electron chi connectivity index (χ4n) is 2.37. The number of hydrogen-bond acceptors (Lipinski definition) is 4. The van der Waals surface area contributed by atoms with Gasteiger partial charge in [-0.3, -0.25) is 0 Å². The minimum atomic E-state index is -3.75. The first kappa shape index (κ1) is 15.2. The van der Waals surface area contributed by atoms with E-state index in [9.17, 15) is 17.9 Å². The summed E-state index contributed by atoms with van der Waals surface area (Å²) in [6, 6.07) is 3.27. The highest BCUT2D eigenvalue weighted by molar-refractivity contribution is 7.89. The van der Waals surface area contributed by atoms with Crippen molar-refractivity contribution in [3.8, 4) is 0 Å². The molecular weight excluding hydrogens is 283 g/mol. The zero-order valence-corrected chi connectivity index (χ0v) is 12.2. The first-order chi connectivity index (χ1) is 9.22. The number of sulfonamides is 1. The lowest BCUT2D eigenvalue weighted by atomic mass is 9.98. The van der Waals surface area contributed by atoms with Crippen molar-refractivity contribution in [2.24, 2.45) is 0 Å². The van der Waals surface area contributed by atoms with Gasteiger partial charge < -0.3 is 10.8 Å². The van der Waals surface area contributed by atoms with Gasteiger partial charge in [-0.15, -0.1) is 0 Å². The third-order valence-corrected chi connectivity index (χ3v) is 5.58. The molecule has 1 fully saturated rings. The van der Waals surface area contributed by atoms with Crippen LogP contribution in [-0.4, -0.2) is 36.5 Å². The quantitative estimate of drug-likeness (QED) is 0.807. The summed E-state index contributed by atoms with van der Waals surface area (Å²) >= 11 is 0. The van der Waals surface area contributed by atoms with Crippen LogP contribution in [0.4, 0.5) is 10.1 Å². The first-order valence-electron chi connectivity index (χ1n) is 6.50. The minimum Gasteiger partial charge on any atom is -0.398 e. The van der Waals surface area contributed by atoms with Gasteiger partial charge in [-0.2, -0.15) is 4.31 Å². The third-order valence-electron chi connectivity index (χ3n) is 3.61. The number of hydrogen-bond donors (Lipinski definition) is 2. The van der Waals surface area contributed by atoms with Crippen LogP contribution in [0.2, 0.25) is 0 Å². The Hall–Kier alpha value is -1.18. The molecule has 5 nitrogen and oxygen atoms in total. The fourth-order valence-corrected chi connectivity index (χ4v) is 3.95. The number of nitrogens with two attached hydrogens (primary N) is 1. The molecule has 0 aliphatic carbocycles. The van der Waals surface area contributed by atoms with E-state index in [1.165, 1.54) is 10.4 Å². The standard InChI is InChI=1S/C13H19FN2O3S/c1-13(17)5-2-7-16(8-6-13)20(18,19)12-4-3-10(14)9-11(12)15/h3-4,9,17H,2,5-8,15H2,1H3. The third kappa shape index (κ3) is 3.11. The molecule has 1 heterocycles. The van der Waals surface area contributed by atoms with Gasteiger partial charge >= 0.3 is 0 Å². The molecule has 1 unspecified atom stereocenters. The summed E-state index contributed by atoms with van der Waals surface area (Å²) < 4.78 is 39.4. The van der Waals surface area contributed by atoms with E-state index in [0.29, 0.717) is 25.8 Å². The van der Waals surface area contributed by atoms with Crippen molar-refractivity contribution in [2.75, 3.05) is 18.8 Å². The molecule has 1 aromatic rings. The Morgan fingerprint density at radius 2 is 2.05 bits per heavy atom. The van der Waals surface area contributed by atoms with Crippen molar-refractivity contribution in [2.45, 2.75) is 36.7 Å². The number of aliphatic hydroxyl groups is 1. The molecule has 3 N–H and O–H groups in total. The summed E-state index contributed by atoms with van der Waals surface area (Å²) in [5.74, 6) is -0.569. The lowest BCUT2D eigenvalue weighted by Crippen LogP contribution is -2.34. The second-order valence-electron chi connectivity index (χ2n) is 5.44. The predicted octanol–water partition coefficient (Wildman–Crippen LogP) is 1.33. The largest absolute Gasteiger partial charge is 0.398 e. The Kier molecular flexibility index (Phi) is 4.04. The van der Waals surface area contributed by atoms with Crippen LogP contribution in [0, 0.1) is 5.82 Å². The summed E-state index contributed by atoms with van der Waals surface area (Å²) in [5, 5.41) is 10.0. The molecular formula is C13H19FN2O3S. The summed E-state index contributed by atoms with van der Waals surface area (Å²) in [6.07, 6.45) is 1.50. The fraction of sp³-hybridized carbons (Fsp3) is 0.538. The number of nitrogen functional groups attached to an aromatic ring is 1. The van der Waals surface area contributed by atoms with Crippen LogP contribution in [-0.2, 0) is 10.0 Å². The van der Waals surface area contributed by atoms with Crippen molar-refractivity contribution in [3.05, 3.63) is 24.0 Å². The molecule has 0 saturated carbocycles. The Morgan fingerprint density at radius 3 is 2.70 bits per heavy atom. The van der Waals surface area contributed by atoms with Gasteiger partial charge in [0.1, 0.15) is 10.7 Å². The van der Waals surface area contributed by atoms with Crippen LogP contribution in [0.1, 0.15) is 26.2 Å². The molecule has 1 atom stereocenters. The average Bonchev–Trinajstić information content (AvgIpc) is 2.50. The van der Waals surface area contributed by atoms with Gasteiger partial charge in [0.2, 0.25) is 10.0 Å². The topological polar surface area (TPSA) is 83.6 Å². The second kappa shape index (κ2) is 5.31. The van der Waals surface area contributed by atoms with Crippen LogP contribution < -0.4 is 5.73 Å². The van der Waals surface area contributed by atoms with Crippen LogP contribution in [0.3, 0.4) is 0 Å². The smallest absolute Gasteiger partial charge is 0.245 e. The van der Waals surface area contributed by atoms with Gasteiger partial charge in [-0.1, -0.05) is 0 Å². The van der Waals surface area contributed by atoms with E-state index in [2.05, 4.69) is 0 Å². The molecule has 20 heavy (non-hydrogen) atoms. The average molecular weight is 302 g/mol. The molecule has 2 rings (SSSR count). The van der Waals surface area contributed by atoms with Crippen molar-refractivity contribution < 1.29 is 17.9 Å². The van der Waals surface area contributed by atoms with Crippen LogP contribution in [0.15, 0.2) is 23.1 Å². The van der Waals surface area contributed by atoms with Gasteiger partial charge in [0, 0.05) is 13.1 Å². The van der Waals surface area contributed by atoms with Crippen molar-refractivity contribution in [1.82, 2.24) is 4.31 Å². The molecule has 0 radical (unpaired) electrons. The Bertz CT molecular complexity index is 602. The number of benzene rings is 1. The zero-order valence-electron chi connectivity index (χ0n) is 11.3. The van der Waals surface area contributed by atoms with Gasteiger partial charge in [-0.05, 0) is 44.4 Å². The number of halogens is 1. The molecule has 112 valence electrons. The van der Waals surface area contributed by atoms with E-state index >= 15 is 0 Å². The van der Waals surface area contributed by atoms with Gasteiger partial charge in [0.25, 0.3) is 0 Å². The van der Waals surface area contributed by atoms with E-state index in [1.807, 2.05) is 0 Å². The Morgan fingerprint density at radius 1 is 1.35 bits per heavy atom.